The molecule has 3 rings (SSSR count). The highest BCUT2D eigenvalue weighted by atomic mass is 127. The molecule has 0 radical (unpaired) electrons. The first-order valence-corrected chi connectivity index (χ1v) is 8.54. The third-order valence-electron chi connectivity index (χ3n) is 3.70. The van der Waals surface area contributed by atoms with Crippen molar-refractivity contribution >= 4 is 68.3 Å². The summed E-state index contributed by atoms with van der Waals surface area (Å²) in [7, 11) is 0. The van der Waals surface area contributed by atoms with Crippen LogP contribution in [0.2, 0.25) is 15.2 Å². The minimum Gasteiger partial charge on any atom is -0.394 e. The molecule has 120 valence electrons. The van der Waals surface area contributed by atoms with Crippen molar-refractivity contribution in [3.05, 3.63) is 30.9 Å². The van der Waals surface area contributed by atoms with E-state index < -0.39 is 31.1 Å². The van der Waals surface area contributed by atoms with Gasteiger partial charge in [0.05, 0.1) is 25.7 Å². The van der Waals surface area contributed by atoms with Gasteiger partial charge in [-0.25, -0.2) is 0 Å². The second-order valence-corrected chi connectivity index (χ2v) is 7.24. The Labute approximate surface area is 154 Å². The molecule has 1 saturated heterocycles. The Balaban J connectivity index is 2.19. The van der Waals surface area contributed by atoms with Crippen molar-refractivity contribution in [2.45, 2.75) is 24.5 Å². The molecular formula is C13H11Cl3INO4. The minimum atomic E-state index is -1.23. The van der Waals surface area contributed by atoms with Crippen LogP contribution in [0.1, 0.15) is 6.23 Å². The van der Waals surface area contributed by atoms with Crippen LogP contribution in [0.15, 0.2) is 12.1 Å². The Morgan fingerprint density at radius 2 is 1.77 bits per heavy atom. The molecule has 2 heterocycles. The fraction of sp³-hybridized carbons (Fsp3) is 0.385. The standard InChI is InChI=1S/C13H11Cl3INO4/c14-5-1-4-7(2-6(5)15)18(12(16)9(4)17)13-11(21)10(20)8(3-19)22-13/h1-2,8,10-11,13,19-21H,3H2/t8-,10-,11-,13?/m1/s1. The molecule has 0 saturated carbocycles. The number of nitrogens with zero attached hydrogens (tertiary/aromatic N) is 1. The van der Waals surface area contributed by atoms with E-state index >= 15 is 0 Å². The Hall–Kier alpha value is 0.200. The molecule has 0 bridgehead atoms. The van der Waals surface area contributed by atoms with Crippen molar-refractivity contribution in [2.24, 2.45) is 0 Å². The lowest BCUT2D eigenvalue weighted by molar-refractivity contribution is -0.0505. The quantitative estimate of drug-likeness (QED) is 0.581. The van der Waals surface area contributed by atoms with Crippen LogP contribution < -0.4 is 0 Å². The molecular weight excluding hydrogens is 467 g/mol. The van der Waals surface area contributed by atoms with Crippen molar-refractivity contribution in [3.63, 3.8) is 0 Å². The van der Waals surface area contributed by atoms with Crippen LogP contribution in [0.3, 0.4) is 0 Å². The zero-order valence-corrected chi connectivity index (χ0v) is 15.3. The maximum absolute atomic E-state index is 10.2. The maximum Gasteiger partial charge on any atom is 0.164 e. The average Bonchev–Trinajstić information content (AvgIpc) is 2.89. The summed E-state index contributed by atoms with van der Waals surface area (Å²) in [5.74, 6) is 0. The van der Waals surface area contributed by atoms with Crippen molar-refractivity contribution in [2.75, 3.05) is 6.61 Å². The minimum absolute atomic E-state index is 0.337. The average molecular weight is 478 g/mol. The molecule has 22 heavy (non-hydrogen) atoms. The van der Waals surface area contributed by atoms with E-state index in [4.69, 9.17) is 39.5 Å². The summed E-state index contributed by atoms with van der Waals surface area (Å²) >= 11 is 20.5. The number of aliphatic hydroxyl groups is 3. The molecule has 0 amide bonds. The highest BCUT2D eigenvalue weighted by Gasteiger charge is 2.44. The van der Waals surface area contributed by atoms with Crippen LogP contribution in [0.5, 0.6) is 0 Å². The van der Waals surface area contributed by atoms with Gasteiger partial charge < -0.3 is 24.6 Å². The van der Waals surface area contributed by atoms with Gasteiger partial charge in [-0.05, 0) is 34.7 Å². The summed E-state index contributed by atoms with van der Waals surface area (Å²) in [6.07, 6.45) is -4.24. The third-order valence-corrected chi connectivity index (χ3v) is 6.20. The first-order valence-electron chi connectivity index (χ1n) is 6.33. The summed E-state index contributed by atoms with van der Waals surface area (Å²) in [6.45, 7) is -0.408. The number of rotatable bonds is 2. The number of aliphatic hydroxyl groups excluding tert-OH is 3. The summed E-state index contributed by atoms with van der Waals surface area (Å²) < 4.78 is 7.82. The molecule has 5 nitrogen and oxygen atoms in total. The van der Waals surface area contributed by atoms with E-state index in [0.29, 0.717) is 20.7 Å². The molecule has 1 aromatic carbocycles. The molecule has 1 aliphatic rings. The van der Waals surface area contributed by atoms with Crippen LogP contribution in [0.25, 0.3) is 10.9 Å². The Morgan fingerprint density at radius 1 is 1.14 bits per heavy atom. The number of aromatic nitrogens is 1. The van der Waals surface area contributed by atoms with Gasteiger partial charge in [0.15, 0.2) is 6.23 Å². The predicted octanol–water partition coefficient (Wildman–Crippen LogP) is 2.82. The van der Waals surface area contributed by atoms with E-state index in [1.54, 1.807) is 16.7 Å². The van der Waals surface area contributed by atoms with E-state index in [1.807, 2.05) is 0 Å². The normalized spacial score (nSPS) is 28.7. The van der Waals surface area contributed by atoms with Gasteiger partial charge in [0, 0.05) is 5.39 Å². The van der Waals surface area contributed by atoms with Gasteiger partial charge in [-0.1, -0.05) is 34.8 Å². The van der Waals surface area contributed by atoms with Gasteiger partial charge >= 0.3 is 0 Å². The number of halogens is 4. The highest BCUT2D eigenvalue weighted by molar-refractivity contribution is 14.1. The maximum atomic E-state index is 10.2. The van der Waals surface area contributed by atoms with Gasteiger partial charge in [0.1, 0.15) is 23.5 Å². The molecule has 1 unspecified atom stereocenters. The number of benzene rings is 1. The van der Waals surface area contributed by atoms with Crippen LogP contribution in [-0.4, -0.2) is 44.8 Å². The summed E-state index contributed by atoms with van der Waals surface area (Å²) in [4.78, 5) is 0. The molecule has 0 aliphatic carbocycles. The fourth-order valence-corrected chi connectivity index (χ4v) is 3.88. The number of hydrogen-bond acceptors (Lipinski definition) is 4. The second kappa shape index (κ2) is 6.25. The number of fused-ring (bicyclic) bond motifs is 1. The topological polar surface area (TPSA) is 74.9 Å². The smallest absolute Gasteiger partial charge is 0.164 e. The van der Waals surface area contributed by atoms with Gasteiger partial charge in [-0.15, -0.1) is 0 Å². The van der Waals surface area contributed by atoms with Crippen LogP contribution >= 0.6 is 57.4 Å². The van der Waals surface area contributed by atoms with Gasteiger partial charge in [0.25, 0.3) is 0 Å². The summed E-state index contributed by atoms with van der Waals surface area (Å²) in [5.41, 5.74) is 0.624. The molecule has 1 aromatic heterocycles. The van der Waals surface area contributed by atoms with E-state index in [2.05, 4.69) is 22.6 Å². The van der Waals surface area contributed by atoms with E-state index in [0.717, 1.165) is 8.96 Å². The van der Waals surface area contributed by atoms with Crippen LogP contribution in [-0.2, 0) is 4.74 Å². The molecule has 9 heteroatoms. The molecule has 3 N–H and O–H groups in total. The van der Waals surface area contributed by atoms with E-state index in [9.17, 15) is 15.3 Å². The first kappa shape index (κ1) is 17.0. The van der Waals surface area contributed by atoms with E-state index in [-0.39, 0.29) is 0 Å². The zero-order chi connectivity index (χ0) is 16.2. The molecule has 1 aliphatic heterocycles. The third kappa shape index (κ3) is 2.53. The van der Waals surface area contributed by atoms with Crippen molar-refractivity contribution < 1.29 is 20.1 Å². The second-order valence-electron chi connectivity index (χ2n) is 4.99. The highest BCUT2D eigenvalue weighted by Crippen LogP contribution is 2.41. The molecule has 1 fully saturated rings. The van der Waals surface area contributed by atoms with Gasteiger partial charge in [-0.3, -0.25) is 0 Å². The van der Waals surface area contributed by atoms with Crippen molar-refractivity contribution in [1.29, 1.82) is 0 Å². The molecule has 0 spiro atoms. The molecule has 2 aromatic rings. The molecule has 4 atom stereocenters. The Bertz CT molecular complexity index is 738. The number of ether oxygens (including phenoxy) is 1. The Kier molecular flexibility index (Phi) is 4.84. The van der Waals surface area contributed by atoms with Crippen LogP contribution in [0, 0.1) is 3.57 Å². The van der Waals surface area contributed by atoms with Crippen LogP contribution in [0.4, 0.5) is 0 Å². The largest absolute Gasteiger partial charge is 0.394 e. The lowest BCUT2D eigenvalue weighted by Gasteiger charge is -2.19. The Morgan fingerprint density at radius 3 is 2.36 bits per heavy atom. The zero-order valence-electron chi connectivity index (χ0n) is 10.9. The van der Waals surface area contributed by atoms with Gasteiger partial charge in [-0.2, -0.15) is 0 Å². The number of hydrogen-bond donors (Lipinski definition) is 3. The van der Waals surface area contributed by atoms with Gasteiger partial charge in [0.2, 0.25) is 0 Å². The lowest BCUT2D eigenvalue weighted by Crippen LogP contribution is -2.33. The van der Waals surface area contributed by atoms with Crippen molar-refractivity contribution in [3.8, 4) is 0 Å². The van der Waals surface area contributed by atoms with Crippen molar-refractivity contribution in [1.82, 2.24) is 4.57 Å². The monoisotopic (exact) mass is 477 g/mol. The summed E-state index contributed by atoms with van der Waals surface area (Å²) in [5, 5.41) is 31.2. The van der Waals surface area contributed by atoms with E-state index in [1.165, 1.54) is 0 Å². The fourth-order valence-electron chi connectivity index (χ4n) is 2.58. The summed E-state index contributed by atoms with van der Waals surface area (Å²) in [6, 6.07) is 3.31. The lowest BCUT2D eigenvalue weighted by atomic mass is 10.1. The SMILES string of the molecule is OC[C@H]1OC(n2c(Cl)c(I)c3cc(Cl)c(Cl)cc32)[C@H](O)[C@@H]1O. The predicted molar refractivity (Wildman–Crippen MR) is 92.7 cm³/mol. The first-order chi connectivity index (χ1) is 10.4.